The number of anilines is 2. The van der Waals surface area contributed by atoms with Crippen molar-refractivity contribution in [3.8, 4) is 0 Å². The highest BCUT2D eigenvalue weighted by Gasteiger charge is 2.14. The molecule has 0 saturated heterocycles. The van der Waals surface area contributed by atoms with Crippen LogP contribution in [-0.4, -0.2) is 20.9 Å². The zero-order valence-electron chi connectivity index (χ0n) is 13.9. The van der Waals surface area contributed by atoms with E-state index in [1.54, 1.807) is 25.1 Å². The zero-order valence-corrected chi connectivity index (χ0v) is 14.7. The average Bonchev–Trinajstić information content (AvgIpc) is 2.54. The lowest BCUT2D eigenvalue weighted by molar-refractivity contribution is -0.114. The van der Waals surface area contributed by atoms with Crippen molar-refractivity contribution in [2.24, 2.45) is 0 Å². The van der Waals surface area contributed by atoms with E-state index in [9.17, 15) is 14.0 Å². The molecule has 1 atom stereocenters. The van der Waals surface area contributed by atoms with E-state index in [0.717, 1.165) is 6.07 Å². The molecule has 0 aliphatic carbocycles. The molecular formula is C17H15ClFN5O2. The van der Waals surface area contributed by atoms with Crippen LogP contribution in [0.4, 0.5) is 16.2 Å². The van der Waals surface area contributed by atoms with Gasteiger partial charge < -0.3 is 15.6 Å². The van der Waals surface area contributed by atoms with Gasteiger partial charge in [0, 0.05) is 29.1 Å². The number of hydrogen-bond acceptors (Lipinski definition) is 5. The van der Waals surface area contributed by atoms with Crippen molar-refractivity contribution in [2.75, 3.05) is 10.6 Å². The van der Waals surface area contributed by atoms with Crippen molar-refractivity contribution in [1.82, 2.24) is 15.0 Å². The van der Waals surface area contributed by atoms with E-state index in [2.05, 4.69) is 25.6 Å². The fourth-order valence-electron chi connectivity index (χ4n) is 2.53. The molecule has 1 amide bonds. The van der Waals surface area contributed by atoms with Crippen LogP contribution in [0.2, 0.25) is 5.02 Å². The maximum atomic E-state index is 13.9. The Morgan fingerprint density at radius 1 is 1.35 bits per heavy atom. The van der Waals surface area contributed by atoms with Crippen LogP contribution in [0.15, 0.2) is 35.3 Å². The van der Waals surface area contributed by atoms with Gasteiger partial charge in [0.25, 0.3) is 5.56 Å². The third-order valence-electron chi connectivity index (χ3n) is 3.67. The largest absolute Gasteiger partial charge is 0.347 e. The number of nitrogens with one attached hydrogen (secondary N) is 3. The van der Waals surface area contributed by atoms with Crippen molar-refractivity contribution in [2.45, 2.75) is 19.9 Å². The fraction of sp³-hybridized carbons (Fsp3) is 0.176. The summed E-state index contributed by atoms with van der Waals surface area (Å²) in [4.78, 5) is 34.2. The van der Waals surface area contributed by atoms with E-state index in [-0.39, 0.29) is 22.4 Å². The maximum absolute atomic E-state index is 13.9. The molecule has 2 heterocycles. The predicted molar refractivity (Wildman–Crippen MR) is 97.9 cm³/mol. The van der Waals surface area contributed by atoms with Crippen molar-refractivity contribution in [3.63, 3.8) is 0 Å². The lowest BCUT2D eigenvalue weighted by Crippen LogP contribution is -2.20. The Morgan fingerprint density at radius 2 is 2.12 bits per heavy atom. The smallest absolute Gasteiger partial charge is 0.253 e. The second-order valence-electron chi connectivity index (χ2n) is 5.72. The molecule has 0 spiro atoms. The van der Waals surface area contributed by atoms with Gasteiger partial charge in [-0.25, -0.2) is 9.37 Å². The molecule has 0 radical (unpaired) electrons. The summed E-state index contributed by atoms with van der Waals surface area (Å²) in [7, 11) is 0. The van der Waals surface area contributed by atoms with Crippen LogP contribution in [0.3, 0.4) is 0 Å². The molecule has 26 heavy (non-hydrogen) atoms. The number of amides is 1. The minimum atomic E-state index is -0.594. The minimum absolute atomic E-state index is 0.0965. The Kier molecular flexibility index (Phi) is 4.85. The number of hydrogen-bond donors (Lipinski definition) is 3. The lowest BCUT2D eigenvalue weighted by Gasteiger charge is -2.15. The molecule has 134 valence electrons. The van der Waals surface area contributed by atoms with Crippen LogP contribution in [0.1, 0.15) is 25.5 Å². The second-order valence-corrected chi connectivity index (χ2v) is 6.15. The third-order valence-corrected chi connectivity index (χ3v) is 3.89. The minimum Gasteiger partial charge on any atom is -0.347 e. The SMILES string of the molecule is CC(=O)Nc1ccnc(NC(C)c2cc3cc(Cl)cc(F)c3[nH]c2=O)n1. The number of pyridine rings is 1. The molecule has 2 aromatic heterocycles. The summed E-state index contributed by atoms with van der Waals surface area (Å²) in [5.41, 5.74) is 0.0312. The normalized spacial score (nSPS) is 12.0. The Balaban J connectivity index is 1.93. The zero-order chi connectivity index (χ0) is 18.8. The second kappa shape index (κ2) is 7.09. The summed E-state index contributed by atoms with van der Waals surface area (Å²) in [5, 5.41) is 6.25. The third kappa shape index (κ3) is 3.80. The van der Waals surface area contributed by atoms with Gasteiger partial charge in [0.15, 0.2) is 0 Å². The number of aromatic amines is 1. The first kappa shape index (κ1) is 17.8. The summed E-state index contributed by atoms with van der Waals surface area (Å²) < 4.78 is 13.9. The molecule has 1 aromatic carbocycles. The Labute approximate surface area is 152 Å². The Bertz CT molecular complexity index is 1050. The molecule has 0 aliphatic heterocycles. The molecule has 0 bridgehead atoms. The summed E-state index contributed by atoms with van der Waals surface area (Å²) in [6.45, 7) is 3.11. The fourth-order valence-corrected chi connectivity index (χ4v) is 2.74. The molecular weight excluding hydrogens is 361 g/mol. The molecule has 9 heteroatoms. The van der Waals surface area contributed by atoms with Gasteiger partial charge in [0.1, 0.15) is 11.6 Å². The topological polar surface area (TPSA) is 99.8 Å². The van der Waals surface area contributed by atoms with E-state index in [4.69, 9.17) is 11.6 Å². The Morgan fingerprint density at radius 3 is 2.85 bits per heavy atom. The standard InChI is InChI=1S/C17H15ClFN5O2/c1-8(21-17-20-4-3-14(23-17)22-9(2)25)12-6-10-5-11(18)7-13(19)15(10)24-16(12)26/h3-8H,1-2H3,(H,24,26)(H2,20,21,22,23,25). The quantitative estimate of drug-likeness (QED) is 0.650. The van der Waals surface area contributed by atoms with Crippen molar-refractivity contribution in [1.29, 1.82) is 0 Å². The summed E-state index contributed by atoms with van der Waals surface area (Å²) in [6.07, 6.45) is 1.48. The van der Waals surface area contributed by atoms with Gasteiger partial charge in [0.05, 0.1) is 11.6 Å². The van der Waals surface area contributed by atoms with Crippen LogP contribution < -0.4 is 16.2 Å². The lowest BCUT2D eigenvalue weighted by atomic mass is 10.1. The molecule has 0 saturated carbocycles. The monoisotopic (exact) mass is 375 g/mol. The van der Waals surface area contributed by atoms with Crippen molar-refractivity contribution in [3.05, 3.63) is 57.2 Å². The van der Waals surface area contributed by atoms with Gasteiger partial charge in [-0.2, -0.15) is 4.98 Å². The molecule has 7 nitrogen and oxygen atoms in total. The van der Waals surface area contributed by atoms with E-state index in [0.29, 0.717) is 16.8 Å². The van der Waals surface area contributed by atoms with Crippen LogP contribution in [0, 0.1) is 5.82 Å². The Hall–Kier alpha value is -3.00. The molecule has 1 unspecified atom stereocenters. The number of rotatable bonds is 4. The highest BCUT2D eigenvalue weighted by molar-refractivity contribution is 6.31. The molecule has 0 aliphatic rings. The molecule has 0 fully saturated rings. The number of halogens is 2. The summed E-state index contributed by atoms with van der Waals surface area (Å²) >= 11 is 5.88. The van der Waals surface area contributed by atoms with Gasteiger partial charge in [-0.05, 0) is 31.2 Å². The number of nitrogens with zero attached hydrogens (tertiary/aromatic N) is 2. The number of H-pyrrole nitrogens is 1. The highest BCUT2D eigenvalue weighted by Crippen LogP contribution is 2.23. The maximum Gasteiger partial charge on any atom is 0.253 e. The van der Waals surface area contributed by atoms with Crippen molar-refractivity contribution >= 4 is 40.2 Å². The number of fused-ring (bicyclic) bond motifs is 1. The van der Waals surface area contributed by atoms with Gasteiger partial charge in [-0.3, -0.25) is 9.59 Å². The summed E-state index contributed by atoms with van der Waals surface area (Å²) in [5.74, 6) is -0.278. The van der Waals surface area contributed by atoms with Crippen LogP contribution >= 0.6 is 11.6 Å². The first-order chi connectivity index (χ1) is 12.3. The van der Waals surface area contributed by atoms with Crippen molar-refractivity contribution < 1.29 is 9.18 Å². The number of carbonyl (C=O) groups is 1. The van der Waals surface area contributed by atoms with E-state index in [1.807, 2.05) is 0 Å². The van der Waals surface area contributed by atoms with Gasteiger partial charge >= 0.3 is 0 Å². The van der Waals surface area contributed by atoms with E-state index in [1.165, 1.54) is 13.1 Å². The molecule has 3 aromatic rings. The number of aromatic nitrogens is 3. The first-order valence-corrected chi connectivity index (χ1v) is 8.10. The van der Waals surface area contributed by atoms with Gasteiger partial charge in [0.2, 0.25) is 11.9 Å². The molecule has 3 rings (SSSR count). The van der Waals surface area contributed by atoms with Gasteiger partial charge in [-0.1, -0.05) is 11.6 Å². The van der Waals surface area contributed by atoms with E-state index < -0.39 is 17.4 Å². The van der Waals surface area contributed by atoms with E-state index >= 15 is 0 Å². The van der Waals surface area contributed by atoms with Crippen LogP contribution in [-0.2, 0) is 4.79 Å². The highest BCUT2D eigenvalue weighted by atomic mass is 35.5. The number of carbonyl (C=O) groups excluding carboxylic acids is 1. The first-order valence-electron chi connectivity index (χ1n) is 7.72. The molecule has 3 N–H and O–H groups in total. The van der Waals surface area contributed by atoms with Crippen LogP contribution in [0.5, 0.6) is 0 Å². The van der Waals surface area contributed by atoms with Gasteiger partial charge in [-0.15, -0.1) is 0 Å². The van der Waals surface area contributed by atoms with Crippen LogP contribution in [0.25, 0.3) is 10.9 Å². The average molecular weight is 376 g/mol. The summed E-state index contributed by atoms with van der Waals surface area (Å²) in [6, 6.07) is 5.35. The number of benzene rings is 1. The predicted octanol–water partition coefficient (Wildman–Crippen LogP) is 3.24.